The van der Waals surface area contributed by atoms with Crippen molar-refractivity contribution in [2.24, 2.45) is 0 Å². The Morgan fingerprint density at radius 1 is 0.933 bits per heavy atom. The SMILES string of the molecule is CS(=O)(=O)Nc1cccc(/C=C2/c3ccccc3CCc3cc(C(=O)O)ccc32)c1. The number of carboxylic acid groups (broad SMARTS) is 1. The number of carbonyl (C=O) groups is 1. The lowest BCUT2D eigenvalue weighted by Crippen LogP contribution is -2.09. The molecule has 0 aromatic heterocycles. The van der Waals surface area contributed by atoms with Gasteiger partial charge in [-0.3, -0.25) is 4.72 Å². The van der Waals surface area contributed by atoms with Gasteiger partial charge in [0.25, 0.3) is 0 Å². The standard InChI is InChI=1S/C24H21NO4S/c1-30(28,29)25-20-7-4-5-16(13-20)14-23-21-8-3-2-6-17(21)9-10-18-15-19(24(26)27)11-12-22(18)23/h2-8,11-15,25H,9-10H2,1H3,(H,26,27)/b23-14-. The number of nitrogens with one attached hydrogen (secondary N) is 1. The van der Waals surface area contributed by atoms with Gasteiger partial charge in [-0.05, 0) is 76.6 Å². The molecule has 0 bridgehead atoms. The van der Waals surface area contributed by atoms with E-state index in [1.165, 1.54) is 5.56 Å². The zero-order valence-electron chi connectivity index (χ0n) is 16.4. The smallest absolute Gasteiger partial charge is 0.335 e. The van der Waals surface area contributed by atoms with E-state index in [0.29, 0.717) is 5.69 Å². The topological polar surface area (TPSA) is 83.5 Å². The van der Waals surface area contributed by atoms with Crippen LogP contribution in [0, 0.1) is 0 Å². The average molecular weight is 420 g/mol. The zero-order valence-corrected chi connectivity index (χ0v) is 17.2. The number of aryl methyl sites for hydroxylation is 2. The maximum absolute atomic E-state index is 11.6. The Balaban J connectivity index is 1.88. The predicted octanol–water partition coefficient (Wildman–Crippen LogP) is 4.44. The van der Waals surface area contributed by atoms with E-state index in [0.717, 1.165) is 46.9 Å². The van der Waals surface area contributed by atoms with Crippen molar-refractivity contribution in [3.63, 3.8) is 0 Å². The number of carboxylic acids is 1. The summed E-state index contributed by atoms with van der Waals surface area (Å²) in [5, 5.41) is 9.38. The minimum absolute atomic E-state index is 0.276. The Hall–Kier alpha value is -3.38. The van der Waals surface area contributed by atoms with Gasteiger partial charge >= 0.3 is 5.97 Å². The van der Waals surface area contributed by atoms with Crippen molar-refractivity contribution in [3.8, 4) is 0 Å². The number of anilines is 1. The van der Waals surface area contributed by atoms with Crippen LogP contribution in [0.15, 0.2) is 66.7 Å². The van der Waals surface area contributed by atoms with Crippen LogP contribution in [0.1, 0.15) is 38.2 Å². The molecule has 0 fully saturated rings. The normalized spacial score (nSPS) is 14.5. The molecule has 0 amide bonds. The number of hydrogen-bond donors (Lipinski definition) is 2. The summed E-state index contributed by atoms with van der Waals surface area (Å²) < 4.78 is 25.7. The van der Waals surface area contributed by atoms with Crippen LogP contribution in [0.5, 0.6) is 0 Å². The Labute approximate surface area is 175 Å². The molecule has 0 heterocycles. The maximum atomic E-state index is 11.6. The molecule has 152 valence electrons. The molecule has 3 aromatic carbocycles. The van der Waals surface area contributed by atoms with Gasteiger partial charge in [-0.15, -0.1) is 0 Å². The first-order chi connectivity index (χ1) is 14.3. The molecular formula is C24H21NO4S. The summed E-state index contributed by atoms with van der Waals surface area (Å²) in [5.74, 6) is -0.940. The van der Waals surface area contributed by atoms with E-state index >= 15 is 0 Å². The molecule has 5 nitrogen and oxygen atoms in total. The fraction of sp³-hybridized carbons (Fsp3) is 0.125. The monoisotopic (exact) mass is 419 g/mol. The molecule has 0 spiro atoms. The highest BCUT2D eigenvalue weighted by Crippen LogP contribution is 2.35. The van der Waals surface area contributed by atoms with Crippen molar-refractivity contribution >= 4 is 33.3 Å². The third-order valence-electron chi connectivity index (χ3n) is 5.11. The van der Waals surface area contributed by atoms with Crippen LogP contribution >= 0.6 is 0 Å². The minimum Gasteiger partial charge on any atom is -0.478 e. The molecule has 4 rings (SSSR count). The molecule has 0 unspecified atom stereocenters. The van der Waals surface area contributed by atoms with E-state index in [4.69, 9.17) is 0 Å². The third-order valence-corrected chi connectivity index (χ3v) is 5.72. The van der Waals surface area contributed by atoms with E-state index in [1.807, 2.05) is 30.3 Å². The lowest BCUT2D eigenvalue weighted by atomic mass is 9.91. The van der Waals surface area contributed by atoms with Gasteiger partial charge in [-0.25, -0.2) is 13.2 Å². The number of sulfonamides is 1. The Morgan fingerprint density at radius 2 is 1.67 bits per heavy atom. The quantitative estimate of drug-likeness (QED) is 0.655. The van der Waals surface area contributed by atoms with Gasteiger partial charge in [0.1, 0.15) is 0 Å². The van der Waals surface area contributed by atoms with Crippen molar-refractivity contribution in [2.75, 3.05) is 11.0 Å². The lowest BCUT2D eigenvalue weighted by Gasteiger charge is -2.13. The second-order valence-corrected chi connectivity index (χ2v) is 9.14. The van der Waals surface area contributed by atoms with Crippen molar-refractivity contribution in [3.05, 3.63) is 100 Å². The summed E-state index contributed by atoms with van der Waals surface area (Å²) in [6, 6.07) is 20.6. The van der Waals surface area contributed by atoms with Gasteiger partial charge in [-0.2, -0.15) is 0 Å². The summed E-state index contributed by atoms with van der Waals surface area (Å²) in [5.41, 5.74) is 6.89. The van der Waals surface area contributed by atoms with Crippen LogP contribution in [-0.2, 0) is 22.9 Å². The van der Waals surface area contributed by atoms with Crippen LogP contribution in [0.25, 0.3) is 11.6 Å². The molecule has 0 aliphatic heterocycles. The molecule has 30 heavy (non-hydrogen) atoms. The summed E-state index contributed by atoms with van der Waals surface area (Å²) in [6.07, 6.45) is 4.71. The zero-order chi connectivity index (χ0) is 21.3. The Bertz CT molecular complexity index is 1280. The van der Waals surface area contributed by atoms with Crippen molar-refractivity contribution in [1.29, 1.82) is 0 Å². The minimum atomic E-state index is -3.37. The second-order valence-electron chi connectivity index (χ2n) is 7.39. The summed E-state index contributed by atoms with van der Waals surface area (Å²) in [7, 11) is -3.37. The fourth-order valence-corrected chi connectivity index (χ4v) is 4.40. The molecule has 0 atom stereocenters. The number of benzene rings is 3. The number of hydrogen-bond acceptors (Lipinski definition) is 3. The van der Waals surface area contributed by atoms with Crippen LogP contribution in [0.2, 0.25) is 0 Å². The van der Waals surface area contributed by atoms with Crippen LogP contribution in [-0.4, -0.2) is 25.7 Å². The van der Waals surface area contributed by atoms with Gasteiger partial charge in [0.2, 0.25) is 10.0 Å². The van der Waals surface area contributed by atoms with Crippen molar-refractivity contribution < 1.29 is 18.3 Å². The van der Waals surface area contributed by atoms with Gasteiger partial charge in [0.15, 0.2) is 0 Å². The summed E-state index contributed by atoms with van der Waals surface area (Å²) >= 11 is 0. The largest absolute Gasteiger partial charge is 0.478 e. The van der Waals surface area contributed by atoms with Crippen LogP contribution in [0.3, 0.4) is 0 Å². The van der Waals surface area contributed by atoms with Crippen molar-refractivity contribution in [2.45, 2.75) is 12.8 Å². The number of rotatable bonds is 4. The third kappa shape index (κ3) is 4.28. The highest BCUT2D eigenvalue weighted by molar-refractivity contribution is 7.92. The molecule has 0 saturated carbocycles. The molecular weight excluding hydrogens is 398 g/mol. The van der Waals surface area contributed by atoms with E-state index in [1.54, 1.807) is 30.3 Å². The molecule has 0 saturated heterocycles. The Kier molecular flexibility index (Phi) is 5.18. The second kappa shape index (κ2) is 7.80. The Morgan fingerprint density at radius 3 is 2.43 bits per heavy atom. The summed E-state index contributed by atoms with van der Waals surface area (Å²) in [4.78, 5) is 11.4. The van der Waals surface area contributed by atoms with E-state index in [9.17, 15) is 18.3 Å². The first kappa shape index (κ1) is 19.9. The molecule has 3 aromatic rings. The molecule has 0 radical (unpaired) electrons. The van der Waals surface area contributed by atoms with Crippen LogP contribution in [0.4, 0.5) is 5.69 Å². The van der Waals surface area contributed by atoms with Gasteiger partial charge in [0.05, 0.1) is 11.8 Å². The molecule has 6 heteroatoms. The van der Waals surface area contributed by atoms with E-state index < -0.39 is 16.0 Å². The lowest BCUT2D eigenvalue weighted by molar-refractivity contribution is 0.0696. The van der Waals surface area contributed by atoms with E-state index in [-0.39, 0.29) is 5.56 Å². The van der Waals surface area contributed by atoms with Gasteiger partial charge in [-0.1, -0.05) is 42.5 Å². The van der Waals surface area contributed by atoms with Gasteiger partial charge in [0, 0.05) is 5.69 Å². The number of fused-ring (bicyclic) bond motifs is 2. The highest BCUT2D eigenvalue weighted by atomic mass is 32.2. The first-order valence-corrected chi connectivity index (χ1v) is 11.4. The molecule has 2 N–H and O–H groups in total. The van der Waals surface area contributed by atoms with E-state index in [2.05, 4.69) is 16.9 Å². The van der Waals surface area contributed by atoms with Crippen LogP contribution < -0.4 is 4.72 Å². The van der Waals surface area contributed by atoms with Crippen molar-refractivity contribution in [1.82, 2.24) is 0 Å². The number of aromatic carboxylic acids is 1. The fourth-order valence-electron chi connectivity index (χ4n) is 3.84. The summed E-state index contributed by atoms with van der Waals surface area (Å²) in [6.45, 7) is 0. The average Bonchev–Trinajstić information content (AvgIpc) is 2.84. The highest BCUT2D eigenvalue weighted by Gasteiger charge is 2.19. The molecule has 1 aliphatic carbocycles. The molecule has 1 aliphatic rings. The predicted molar refractivity (Wildman–Crippen MR) is 119 cm³/mol. The van der Waals surface area contributed by atoms with Gasteiger partial charge < -0.3 is 5.11 Å². The maximum Gasteiger partial charge on any atom is 0.335 e. The first-order valence-electron chi connectivity index (χ1n) is 9.54.